The molecule has 2 heterocycles. The molecule has 0 amide bonds. The number of H-pyrrole nitrogens is 1. The maximum atomic E-state index is 9.87. The first-order valence-corrected chi connectivity index (χ1v) is 7.06. The Morgan fingerprint density at radius 1 is 1.00 bits per heavy atom. The molecule has 0 atom stereocenters. The van der Waals surface area contributed by atoms with Crippen LogP contribution in [0, 0.1) is 0 Å². The molecule has 3 rings (SSSR count). The van der Waals surface area contributed by atoms with Gasteiger partial charge < -0.3 is 5.11 Å². The molecule has 0 radical (unpaired) electrons. The van der Waals surface area contributed by atoms with Gasteiger partial charge >= 0.3 is 0 Å². The van der Waals surface area contributed by atoms with Crippen molar-refractivity contribution in [1.29, 1.82) is 0 Å². The number of pyridine rings is 1. The monoisotopic (exact) mass is 292 g/mol. The van der Waals surface area contributed by atoms with Crippen LogP contribution >= 0.6 is 0 Å². The first-order chi connectivity index (χ1) is 10.8. The van der Waals surface area contributed by atoms with Crippen molar-refractivity contribution in [1.82, 2.24) is 20.2 Å². The lowest BCUT2D eigenvalue weighted by atomic mass is 10.1. The molecule has 3 aromatic rings. The lowest BCUT2D eigenvalue weighted by Gasteiger charge is -2.02. The molecule has 2 N–H and O–H groups in total. The molecule has 0 aliphatic rings. The molecule has 0 saturated carbocycles. The van der Waals surface area contributed by atoms with Crippen LogP contribution in [0.2, 0.25) is 0 Å². The van der Waals surface area contributed by atoms with Gasteiger partial charge in [0.1, 0.15) is 6.33 Å². The van der Waals surface area contributed by atoms with Gasteiger partial charge in [0.15, 0.2) is 11.6 Å². The van der Waals surface area contributed by atoms with Crippen molar-refractivity contribution in [2.75, 3.05) is 0 Å². The highest BCUT2D eigenvalue weighted by Crippen LogP contribution is 2.11. The van der Waals surface area contributed by atoms with Crippen LogP contribution in [0.5, 0.6) is 0 Å². The molecule has 5 heteroatoms. The summed E-state index contributed by atoms with van der Waals surface area (Å²) >= 11 is 0. The van der Waals surface area contributed by atoms with E-state index in [4.69, 9.17) is 0 Å². The van der Waals surface area contributed by atoms with Crippen LogP contribution in [-0.4, -0.2) is 25.3 Å². The Kier molecular flexibility index (Phi) is 4.25. The predicted molar refractivity (Wildman–Crippen MR) is 85.0 cm³/mol. The number of aliphatic hydroxyl groups is 1. The number of nitrogens with zero attached hydrogens (tertiary/aromatic N) is 3. The molecule has 0 saturated heterocycles. The molecule has 22 heavy (non-hydrogen) atoms. The summed E-state index contributed by atoms with van der Waals surface area (Å²) in [5.74, 6) is 0.344. The minimum Gasteiger partial charge on any atom is -0.504 e. The van der Waals surface area contributed by atoms with E-state index in [0.717, 1.165) is 12.8 Å². The van der Waals surface area contributed by atoms with E-state index in [-0.39, 0.29) is 5.76 Å². The summed E-state index contributed by atoms with van der Waals surface area (Å²) in [5, 5.41) is 16.2. The number of benzene rings is 1. The van der Waals surface area contributed by atoms with Gasteiger partial charge in [0.05, 0.1) is 5.69 Å². The van der Waals surface area contributed by atoms with E-state index in [1.807, 2.05) is 36.5 Å². The van der Waals surface area contributed by atoms with Crippen molar-refractivity contribution in [2.24, 2.45) is 0 Å². The summed E-state index contributed by atoms with van der Waals surface area (Å²) in [6, 6.07) is 14.3. The first kappa shape index (κ1) is 14.0. The fourth-order valence-electron chi connectivity index (χ4n) is 2.14. The zero-order valence-electron chi connectivity index (χ0n) is 12.0. The highest BCUT2D eigenvalue weighted by atomic mass is 16.3. The lowest BCUT2D eigenvalue weighted by molar-refractivity contribution is 0.508. The Bertz CT molecular complexity index is 734. The van der Waals surface area contributed by atoms with Gasteiger partial charge in [-0.15, -0.1) is 0 Å². The van der Waals surface area contributed by atoms with Crippen LogP contribution in [-0.2, 0) is 12.8 Å². The average molecular weight is 292 g/mol. The number of aliphatic hydroxyl groups excluding tert-OH is 1. The number of rotatable bonds is 5. The number of aryl methyl sites for hydroxylation is 2. The van der Waals surface area contributed by atoms with Crippen molar-refractivity contribution in [2.45, 2.75) is 12.8 Å². The van der Waals surface area contributed by atoms with E-state index in [9.17, 15) is 5.11 Å². The topological polar surface area (TPSA) is 74.7 Å². The SMILES string of the molecule is O/C(=C\c1ccc(CCc2ccccc2)cn1)c1ncn[nH]1. The van der Waals surface area contributed by atoms with Crippen molar-refractivity contribution in [3.05, 3.63) is 77.6 Å². The standard InChI is InChI=1S/C17H16N4O/c22-16(17-19-12-20-21-17)10-15-9-8-14(11-18-15)7-6-13-4-2-1-3-5-13/h1-5,8-12,22H,6-7H2,(H,19,20,21)/b16-10-. The Morgan fingerprint density at radius 3 is 2.50 bits per heavy atom. The van der Waals surface area contributed by atoms with Gasteiger partial charge in [-0.3, -0.25) is 10.1 Å². The van der Waals surface area contributed by atoms with E-state index in [2.05, 4.69) is 32.3 Å². The van der Waals surface area contributed by atoms with Crippen LogP contribution in [0.15, 0.2) is 55.0 Å². The Labute approximate surface area is 128 Å². The molecule has 0 aliphatic heterocycles. The van der Waals surface area contributed by atoms with Gasteiger partial charge in [-0.05, 0) is 30.0 Å². The zero-order chi connectivity index (χ0) is 15.2. The maximum absolute atomic E-state index is 9.87. The summed E-state index contributed by atoms with van der Waals surface area (Å²) in [6.07, 6.45) is 6.67. The molecule has 0 fully saturated rings. The van der Waals surface area contributed by atoms with Crippen LogP contribution in [0.25, 0.3) is 11.8 Å². The van der Waals surface area contributed by atoms with Gasteiger partial charge in [-0.2, -0.15) is 5.10 Å². The molecule has 1 aromatic carbocycles. The second kappa shape index (κ2) is 6.67. The van der Waals surface area contributed by atoms with Gasteiger partial charge in [0, 0.05) is 12.3 Å². The highest BCUT2D eigenvalue weighted by Gasteiger charge is 2.03. The number of aromatic amines is 1. The van der Waals surface area contributed by atoms with E-state index in [1.165, 1.54) is 17.5 Å². The number of aromatic nitrogens is 4. The molecule has 0 bridgehead atoms. The second-order valence-electron chi connectivity index (χ2n) is 4.94. The van der Waals surface area contributed by atoms with Gasteiger partial charge in [-0.25, -0.2) is 4.98 Å². The number of nitrogens with one attached hydrogen (secondary N) is 1. The molecule has 0 aliphatic carbocycles. The Balaban J connectivity index is 1.64. The minimum atomic E-state index is 0.0158. The fourth-order valence-corrected chi connectivity index (χ4v) is 2.14. The smallest absolute Gasteiger partial charge is 0.190 e. The van der Waals surface area contributed by atoms with E-state index < -0.39 is 0 Å². The summed E-state index contributed by atoms with van der Waals surface area (Å²) in [4.78, 5) is 8.22. The molecule has 0 unspecified atom stereocenters. The van der Waals surface area contributed by atoms with Crippen molar-refractivity contribution >= 4 is 11.8 Å². The van der Waals surface area contributed by atoms with Gasteiger partial charge in [0.25, 0.3) is 0 Å². The van der Waals surface area contributed by atoms with Gasteiger partial charge in [-0.1, -0.05) is 36.4 Å². The third-order valence-electron chi connectivity index (χ3n) is 3.34. The molecule has 5 nitrogen and oxygen atoms in total. The van der Waals surface area contributed by atoms with Crippen LogP contribution in [0.1, 0.15) is 22.6 Å². The summed E-state index contributed by atoms with van der Waals surface area (Å²) in [5.41, 5.74) is 3.16. The first-order valence-electron chi connectivity index (χ1n) is 7.06. The van der Waals surface area contributed by atoms with Gasteiger partial charge in [0.2, 0.25) is 0 Å². The predicted octanol–water partition coefficient (Wildman–Crippen LogP) is 3.04. The van der Waals surface area contributed by atoms with E-state index in [0.29, 0.717) is 11.5 Å². The average Bonchev–Trinajstić information content (AvgIpc) is 3.10. The Morgan fingerprint density at radius 2 is 1.82 bits per heavy atom. The molecular weight excluding hydrogens is 276 g/mol. The highest BCUT2D eigenvalue weighted by molar-refractivity contribution is 5.71. The van der Waals surface area contributed by atoms with E-state index in [1.54, 1.807) is 6.08 Å². The van der Waals surface area contributed by atoms with E-state index >= 15 is 0 Å². The number of hydrogen-bond donors (Lipinski definition) is 2. The third kappa shape index (κ3) is 3.58. The molecule has 2 aromatic heterocycles. The van der Waals surface area contributed by atoms with Crippen LogP contribution in [0.4, 0.5) is 0 Å². The maximum Gasteiger partial charge on any atom is 0.190 e. The quantitative estimate of drug-likeness (QED) is 0.709. The summed E-state index contributed by atoms with van der Waals surface area (Å²) in [7, 11) is 0. The Hall–Kier alpha value is -2.95. The van der Waals surface area contributed by atoms with Crippen LogP contribution in [0.3, 0.4) is 0 Å². The van der Waals surface area contributed by atoms with Crippen molar-refractivity contribution in [3.8, 4) is 0 Å². The zero-order valence-corrected chi connectivity index (χ0v) is 12.0. The third-order valence-corrected chi connectivity index (χ3v) is 3.34. The van der Waals surface area contributed by atoms with Crippen LogP contribution < -0.4 is 0 Å². The molecule has 110 valence electrons. The normalized spacial score (nSPS) is 11.5. The minimum absolute atomic E-state index is 0.0158. The largest absolute Gasteiger partial charge is 0.504 e. The molecular formula is C17H16N4O. The lowest BCUT2D eigenvalue weighted by Crippen LogP contribution is -1.93. The second-order valence-corrected chi connectivity index (χ2v) is 4.94. The number of hydrogen-bond acceptors (Lipinski definition) is 4. The fraction of sp³-hybridized carbons (Fsp3) is 0.118. The van der Waals surface area contributed by atoms with Crippen molar-refractivity contribution in [3.63, 3.8) is 0 Å². The molecule has 0 spiro atoms. The van der Waals surface area contributed by atoms with Crippen molar-refractivity contribution < 1.29 is 5.11 Å². The summed E-state index contributed by atoms with van der Waals surface area (Å²) < 4.78 is 0. The summed E-state index contributed by atoms with van der Waals surface area (Å²) in [6.45, 7) is 0.